The van der Waals surface area contributed by atoms with E-state index in [1.54, 1.807) is 5.43 Å². The van der Waals surface area contributed by atoms with E-state index >= 15 is 0 Å². The standard InChI is InChI=1S/C22H20F6N4O5S/c23-21(24,25)16-5-7-17(8-6-16)32(20(35)31-9-11-38(36,37)12-10-31)13-14-1-3-15(4-2-14)18(33)29-30-19(34)22(26,27)28/h1-8H,9-13H2,(H,29,33)(H,30,34). The van der Waals surface area contributed by atoms with Crippen LogP contribution in [-0.4, -0.2) is 61.9 Å². The van der Waals surface area contributed by atoms with Gasteiger partial charge in [0.25, 0.3) is 5.91 Å². The van der Waals surface area contributed by atoms with Crippen LogP contribution in [0.25, 0.3) is 0 Å². The zero-order valence-corrected chi connectivity index (χ0v) is 20.1. The predicted molar refractivity (Wildman–Crippen MR) is 121 cm³/mol. The zero-order chi connectivity index (χ0) is 28.3. The van der Waals surface area contributed by atoms with E-state index in [4.69, 9.17) is 0 Å². The number of carbonyl (C=O) groups excluding carboxylic acids is 3. The number of anilines is 1. The summed E-state index contributed by atoms with van der Waals surface area (Å²) in [6.07, 6.45) is -9.81. The van der Waals surface area contributed by atoms with Gasteiger partial charge in [-0.2, -0.15) is 26.3 Å². The van der Waals surface area contributed by atoms with E-state index in [1.807, 2.05) is 0 Å². The molecule has 1 aliphatic rings. The molecule has 9 nitrogen and oxygen atoms in total. The van der Waals surface area contributed by atoms with E-state index in [2.05, 4.69) is 0 Å². The minimum absolute atomic E-state index is 0.0908. The second kappa shape index (κ2) is 10.9. The highest BCUT2D eigenvalue weighted by Gasteiger charge is 2.39. The molecule has 0 spiro atoms. The third kappa shape index (κ3) is 7.36. The molecule has 0 aliphatic carbocycles. The van der Waals surface area contributed by atoms with Crippen LogP contribution in [0, 0.1) is 0 Å². The number of nitrogens with zero attached hydrogens (tertiary/aromatic N) is 2. The van der Waals surface area contributed by atoms with E-state index in [1.165, 1.54) is 34.6 Å². The summed E-state index contributed by atoms with van der Waals surface area (Å²) in [5, 5.41) is 0. The highest BCUT2D eigenvalue weighted by Crippen LogP contribution is 2.31. The van der Waals surface area contributed by atoms with E-state index in [0.29, 0.717) is 5.56 Å². The number of halogens is 6. The molecule has 0 bridgehead atoms. The third-order valence-corrected chi connectivity index (χ3v) is 7.07. The van der Waals surface area contributed by atoms with Crippen molar-refractivity contribution in [3.63, 3.8) is 0 Å². The first kappa shape index (κ1) is 28.7. The normalized spacial score (nSPS) is 15.5. The minimum Gasteiger partial charge on any atom is -0.322 e. The lowest BCUT2D eigenvalue weighted by Gasteiger charge is -2.33. The predicted octanol–water partition coefficient (Wildman–Crippen LogP) is 2.89. The van der Waals surface area contributed by atoms with Crippen LogP contribution in [0.4, 0.5) is 36.8 Å². The first-order valence-corrected chi connectivity index (χ1v) is 12.6. The van der Waals surface area contributed by atoms with E-state index in [0.717, 1.165) is 29.2 Å². The van der Waals surface area contributed by atoms with Crippen LogP contribution in [0.1, 0.15) is 21.5 Å². The number of hydrogen-bond acceptors (Lipinski definition) is 5. The number of rotatable bonds is 4. The first-order valence-electron chi connectivity index (χ1n) is 10.8. The van der Waals surface area contributed by atoms with Crippen molar-refractivity contribution in [2.24, 2.45) is 0 Å². The molecule has 2 aromatic carbocycles. The molecule has 1 fully saturated rings. The van der Waals surface area contributed by atoms with Crippen LogP contribution >= 0.6 is 0 Å². The maximum atomic E-state index is 13.2. The number of sulfone groups is 1. The number of nitrogens with one attached hydrogen (secondary N) is 2. The highest BCUT2D eigenvalue weighted by molar-refractivity contribution is 7.91. The quantitative estimate of drug-likeness (QED) is 0.436. The van der Waals surface area contributed by atoms with Crippen molar-refractivity contribution in [1.29, 1.82) is 0 Å². The number of benzene rings is 2. The summed E-state index contributed by atoms with van der Waals surface area (Å²) in [4.78, 5) is 38.5. The number of alkyl halides is 6. The fourth-order valence-electron chi connectivity index (χ4n) is 3.37. The van der Waals surface area contributed by atoms with E-state index in [-0.39, 0.29) is 42.4 Å². The Labute approximate surface area is 212 Å². The molecule has 0 atom stereocenters. The van der Waals surface area contributed by atoms with E-state index in [9.17, 15) is 49.1 Å². The Hall–Kier alpha value is -3.82. The van der Waals surface area contributed by atoms with Crippen LogP contribution in [0.3, 0.4) is 0 Å². The molecule has 0 aromatic heterocycles. The summed E-state index contributed by atoms with van der Waals surface area (Å²) < 4.78 is 99.2. The molecule has 16 heteroatoms. The van der Waals surface area contributed by atoms with Crippen LogP contribution < -0.4 is 15.8 Å². The molecule has 2 N–H and O–H groups in total. The molecule has 3 rings (SSSR count). The van der Waals surface area contributed by atoms with Gasteiger partial charge in [-0.05, 0) is 42.0 Å². The number of urea groups is 1. The molecule has 0 radical (unpaired) electrons. The van der Waals surface area contributed by atoms with Gasteiger partial charge in [-0.1, -0.05) is 12.1 Å². The molecule has 2 aromatic rings. The Bertz CT molecular complexity index is 1280. The molecule has 1 saturated heterocycles. The molecule has 38 heavy (non-hydrogen) atoms. The van der Waals surface area contributed by atoms with Gasteiger partial charge in [0, 0.05) is 24.3 Å². The molecule has 1 aliphatic heterocycles. The lowest BCUT2D eigenvalue weighted by atomic mass is 10.1. The van der Waals surface area contributed by atoms with Crippen LogP contribution in [0.15, 0.2) is 48.5 Å². The summed E-state index contributed by atoms with van der Waals surface area (Å²) >= 11 is 0. The number of carbonyl (C=O) groups is 3. The fraction of sp³-hybridized carbons (Fsp3) is 0.318. The average molecular weight is 566 g/mol. The highest BCUT2D eigenvalue weighted by atomic mass is 32.2. The maximum absolute atomic E-state index is 13.2. The van der Waals surface area contributed by atoms with Crippen molar-refractivity contribution in [2.75, 3.05) is 29.5 Å². The molecule has 206 valence electrons. The number of hydrogen-bond donors (Lipinski definition) is 2. The Balaban J connectivity index is 1.79. The van der Waals surface area contributed by atoms with Crippen molar-refractivity contribution in [2.45, 2.75) is 18.9 Å². The molecular weight excluding hydrogens is 546 g/mol. The van der Waals surface area contributed by atoms with Crippen LogP contribution in [-0.2, 0) is 27.4 Å². The topological polar surface area (TPSA) is 116 Å². The summed E-state index contributed by atoms with van der Waals surface area (Å²) in [6, 6.07) is 8.21. The van der Waals surface area contributed by atoms with Crippen molar-refractivity contribution < 1.29 is 49.1 Å². The van der Waals surface area contributed by atoms with Crippen molar-refractivity contribution in [1.82, 2.24) is 15.8 Å². The fourth-order valence-corrected chi connectivity index (χ4v) is 4.58. The second-order valence-electron chi connectivity index (χ2n) is 8.16. The van der Waals surface area contributed by atoms with Crippen molar-refractivity contribution in [3.8, 4) is 0 Å². The zero-order valence-electron chi connectivity index (χ0n) is 19.3. The Morgan fingerprint density at radius 1 is 0.842 bits per heavy atom. The van der Waals surface area contributed by atoms with E-state index < -0.39 is 45.6 Å². The number of amides is 4. The smallest absolute Gasteiger partial charge is 0.322 e. The monoisotopic (exact) mass is 566 g/mol. The van der Waals surface area contributed by atoms with Crippen molar-refractivity contribution in [3.05, 3.63) is 65.2 Å². The summed E-state index contributed by atoms with van der Waals surface area (Å²) in [7, 11) is -3.32. The van der Waals surface area contributed by atoms with Gasteiger partial charge < -0.3 is 4.90 Å². The first-order chi connectivity index (χ1) is 17.6. The Kier molecular flexibility index (Phi) is 8.24. The lowest BCUT2D eigenvalue weighted by molar-refractivity contribution is -0.174. The largest absolute Gasteiger partial charge is 0.472 e. The van der Waals surface area contributed by atoms with Crippen LogP contribution in [0.2, 0.25) is 0 Å². The average Bonchev–Trinajstić information content (AvgIpc) is 2.84. The minimum atomic E-state index is -5.20. The summed E-state index contributed by atoms with van der Waals surface area (Å²) in [6.45, 7) is -0.414. The van der Waals surface area contributed by atoms with Gasteiger partial charge in [-0.15, -0.1) is 0 Å². The third-order valence-electron chi connectivity index (χ3n) is 5.46. The summed E-state index contributed by atoms with van der Waals surface area (Å²) in [5.74, 6) is -3.97. The van der Waals surface area contributed by atoms with Gasteiger partial charge in [0.1, 0.15) is 0 Å². The SMILES string of the molecule is O=C(NNC(=O)C(F)(F)F)c1ccc(CN(C(=O)N2CCS(=O)(=O)CC2)c2ccc(C(F)(F)F)cc2)cc1. The van der Waals surface area contributed by atoms with Gasteiger partial charge in [0.15, 0.2) is 9.84 Å². The molecule has 4 amide bonds. The molecular formula is C22H20F6N4O5S. The van der Waals surface area contributed by atoms with Gasteiger partial charge in [-0.3, -0.25) is 25.3 Å². The van der Waals surface area contributed by atoms with Crippen LogP contribution in [0.5, 0.6) is 0 Å². The number of hydrazine groups is 1. The van der Waals surface area contributed by atoms with Gasteiger partial charge in [0.2, 0.25) is 0 Å². The summed E-state index contributed by atoms with van der Waals surface area (Å²) in [5.41, 5.74) is 2.23. The van der Waals surface area contributed by atoms with Gasteiger partial charge >= 0.3 is 24.3 Å². The molecule has 1 heterocycles. The second-order valence-corrected chi connectivity index (χ2v) is 10.5. The lowest BCUT2D eigenvalue weighted by Crippen LogP contribution is -2.49. The molecule has 0 unspecified atom stereocenters. The molecule has 0 saturated carbocycles. The maximum Gasteiger partial charge on any atom is 0.472 e. The Morgan fingerprint density at radius 2 is 1.39 bits per heavy atom. The van der Waals surface area contributed by atoms with Gasteiger partial charge in [0.05, 0.1) is 23.6 Å². The van der Waals surface area contributed by atoms with Gasteiger partial charge in [-0.25, -0.2) is 13.2 Å². The Morgan fingerprint density at radius 3 is 1.89 bits per heavy atom. The van der Waals surface area contributed by atoms with Crippen molar-refractivity contribution >= 4 is 33.4 Å².